The van der Waals surface area contributed by atoms with E-state index in [1.165, 1.54) is 19.2 Å². The molecule has 1 saturated heterocycles. The van der Waals surface area contributed by atoms with Gasteiger partial charge in [0.15, 0.2) is 0 Å². The van der Waals surface area contributed by atoms with Crippen LogP contribution in [0.4, 0.5) is 8.78 Å². The van der Waals surface area contributed by atoms with Gasteiger partial charge in [0, 0.05) is 5.82 Å². The summed E-state index contributed by atoms with van der Waals surface area (Å²) < 4.78 is 45.8. The van der Waals surface area contributed by atoms with E-state index in [1.54, 1.807) is 12.1 Å². The highest BCUT2D eigenvalue weighted by molar-refractivity contribution is 6.48. The molecule has 138 valence electrons. The molecular formula is C17H23BF2O5. The van der Waals surface area contributed by atoms with E-state index >= 15 is 0 Å². The highest BCUT2D eigenvalue weighted by Gasteiger charge is 2.54. The number of alkyl halides is 2. The van der Waals surface area contributed by atoms with Crippen molar-refractivity contribution in [3.63, 3.8) is 0 Å². The quantitative estimate of drug-likeness (QED) is 0.576. The first kappa shape index (κ1) is 19.7. The van der Waals surface area contributed by atoms with Crippen molar-refractivity contribution in [1.82, 2.24) is 0 Å². The summed E-state index contributed by atoms with van der Waals surface area (Å²) in [5, 5.41) is 0. The first-order valence-electron chi connectivity index (χ1n) is 8.03. The van der Waals surface area contributed by atoms with Crippen LogP contribution in [0.25, 0.3) is 0 Å². The van der Waals surface area contributed by atoms with E-state index < -0.39 is 36.7 Å². The minimum atomic E-state index is -2.89. The zero-order chi connectivity index (χ0) is 18.8. The molecule has 1 atom stereocenters. The summed E-state index contributed by atoms with van der Waals surface area (Å²) in [5.74, 6) is -0.800. The molecule has 1 aromatic carbocycles. The van der Waals surface area contributed by atoms with Crippen molar-refractivity contribution in [3.8, 4) is 5.75 Å². The fraction of sp³-hybridized carbons (Fsp3) is 0.588. The molecule has 0 N–H and O–H groups in total. The van der Waals surface area contributed by atoms with Crippen LogP contribution in [0.15, 0.2) is 24.3 Å². The van der Waals surface area contributed by atoms with Crippen LogP contribution in [-0.2, 0) is 18.8 Å². The van der Waals surface area contributed by atoms with Crippen LogP contribution in [0.3, 0.4) is 0 Å². The minimum Gasteiger partial charge on any atom is -0.469 e. The number of carbonyl (C=O) groups excluding carboxylic acids is 1. The second kappa shape index (κ2) is 7.29. The lowest BCUT2D eigenvalue weighted by Gasteiger charge is -2.32. The molecule has 1 aromatic rings. The number of rotatable bonds is 6. The average molecular weight is 356 g/mol. The molecule has 0 bridgehead atoms. The van der Waals surface area contributed by atoms with Crippen molar-refractivity contribution in [1.29, 1.82) is 0 Å². The van der Waals surface area contributed by atoms with Gasteiger partial charge in [0.1, 0.15) is 5.75 Å². The fourth-order valence-corrected chi connectivity index (χ4v) is 2.58. The molecule has 1 heterocycles. The Morgan fingerprint density at radius 3 is 2.08 bits per heavy atom. The second-order valence-electron chi connectivity index (χ2n) is 6.96. The molecule has 0 aromatic heterocycles. The van der Waals surface area contributed by atoms with Gasteiger partial charge in [0.25, 0.3) is 0 Å². The van der Waals surface area contributed by atoms with Gasteiger partial charge in [-0.1, -0.05) is 12.1 Å². The monoisotopic (exact) mass is 356 g/mol. The Kier molecular flexibility index (Phi) is 5.73. The van der Waals surface area contributed by atoms with Crippen molar-refractivity contribution in [2.24, 2.45) is 0 Å². The number of benzene rings is 1. The lowest BCUT2D eigenvalue weighted by atomic mass is 9.66. The van der Waals surface area contributed by atoms with Gasteiger partial charge in [-0.25, -0.2) is 0 Å². The minimum absolute atomic E-state index is 0.0440. The van der Waals surface area contributed by atoms with Gasteiger partial charge in [0.05, 0.1) is 24.7 Å². The van der Waals surface area contributed by atoms with Gasteiger partial charge in [-0.15, -0.1) is 0 Å². The number of hydrogen-bond acceptors (Lipinski definition) is 5. The van der Waals surface area contributed by atoms with E-state index in [0.29, 0.717) is 5.56 Å². The van der Waals surface area contributed by atoms with Crippen molar-refractivity contribution >= 4 is 13.1 Å². The van der Waals surface area contributed by atoms with Crippen LogP contribution in [0, 0.1) is 0 Å². The smallest absolute Gasteiger partial charge is 0.466 e. The van der Waals surface area contributed by atoms with E-state index in [-0.39, 0.29) is 12.2 Å². The highest BCUT2D eigenvalue weighted by Crippen LogP contribution is 2.42. The SMILES string of the molecule is COC(=O)CC(B1OC(C)(C)C(C)(C)O1)c1ccc(OC(F)F)cc1. The van der Waals surface area contributed by atoms with Gasteiger partial charge >= 0.3 is 19.7 Å². The number of halogens is 2. The van der Waals surface area contributed by atoms with E-state index in [0.717, 1.165) is 0 Å². The normalized spacial score (nSPS) is 19.8. The number of hydrogen-bond donors (Lipinski definition) is 0. The number of esters is 1. The Bertz CT molecular complexity index is 588. The number of carbonyl (C=O) groups is 1. The molecule has 0 spiro atoms. The topological polar surface area (TPSA) is 54.0 Å². The molecule has 0 aliphatic carbocycles. The molecule has 5 nitrogen and oxygen atoms in total. The maximum Gasteiger partial charge on any atom is 0.466 e. The molecule has 1 fully saturated rings. The zero-order valence-electron chi connectivity index (χ0n) is 15.0. The molecular weight excluding hydrogens is 333 g/mol. The van der Waals surface area contributed by atoms with Gasteiger partial charge < -0.3 is 18.8 Å². The van der Waals surface area contributed by atoms with Crippen LogP contribution in [0.2, 0.25) is 0 Å². The molecule has 1 unspecified atom stereocenters. The maximum atomic E-state index is 12.3. The lowest BCUT2D eigenvalue weighted by molar-refractivity contribution is -0.140. The van der Waals surface area contributed by atoms with Crippen LogP contribution in [-0.4, -0.2) is 38.0 Å². The Morgan fingerprint density at radius 2 is 1.64 bits per heavy atom. The van der Waals surface area contributed by atoms with Crippen molar-refractivity contribution in [2.45, 2.75) is 57.7 Å². The van der Waals surface area contributed by atoms with Crippen LogP contribution in [0.5, 0.6) is 5.75 Å². The fourth-order valence-electron chi connectivity index (χ4n) is 2.58. The van der Waals surface area contributed by atoms with Crippen molar-refractivity contribution in [3.05, 3.63) is 29.8 Å². The van der Waals surface area contributed by atoms with Gasteiger partial charge in [0.2, 0.25) is 0 Å². The summed E-state index contributed by atoms with van der Waals surface area (Å²) in [7, 11) is 0.648. The van der Waals surface area contributed by atoms with E-state index in [1.807, 2.05) is 27.7 Å². The third-order valence-corrected chi connectivity index (χ3v) is 4.75. The molecule has 25 heavy (non-hydrogen) atoms. The van der Waals surface area contributed by atoms with Crippen molar-refractivity contribution < 1.29 is 32.4 Å². The standard InChI is InChI=1S/C17H23BF2O5/c1-16(2)17(3,4)25-18(24-16)13(10-14(21)22-5)11-6-8-12(9-7-11)23-15(19)20/h6-9,13,15H,10H2,1-5H3. The third kappa shape index (κ3) is 4.49. The summed E-state index contributed by atoms with van der Waals surface area (Å²) in [6, 6.07) is 6.10. The van der Waals surface area contributed by atoms with Crippen LogP contribution >= 0.6 is 0 Å². The summed E-state index contributed by atoms with van der Waals surface area (Å²) in [6.07, 6.45) is 0.0440. The predicted octanol–water partition coefficient (Wildman–Crippen LogP) is 3.57. The van der Waals surface area contributed by atoms with Crippen LogP contribution in [0.1, 0.15) is 45.5 Å². The third-order valence-electron chi connectivity index (χ3n) is 4.75. The first-order valence-corrected chi connectivity index (χ1v) is 8.03. The summed E-state index contributed by atoms with van der Waals surface area (Å²) in [5.41, 5.74) is -0.388. The van der Waals surface area contributed by atoms with E-state index in [9.17, 15) is 13.6 Å². The number of methoxy groups -OCH3 is 1. The Labute approximate surface area is 146 Å². The first-order chi connectivity index (χ1) is 11.6. The second-order valence-corrected chi connectivity index (χ2v) is 6.96. The molecule has 1 aliphatic rings. The Morgan fingerprint density at radius 1 is 1.12 bits per heavy atom. The van der Waals surface area contributed by atoms with Crippen molar-refractivity contribution in [2.75, 3.05) is 7.11 Å². The molecule has 8 heteroatoms. The summed E-state index contributed by atoms with van der Waals surface area (Å²) in [6.45, 7) is 4.78. The average Bonchev–Trinajstić information content (AvgIpc) is 2.73. The Hall–Kier alpha value is -1.67. The molecule has 0 radical (unpaired) electrons. The van der Waals surface area contributed by atoms with E-state index in [2.05, 4.69) is 4.74 Å². The zero-order valence-corrected chi connectivity index (χ0v) is 15.0. The predicted molar refractivity (Wildman–Crippen MR) is 88.5 cm³/mol. The molecule has 0 saturated carbocycles. The lowest BCUT2D eigenvalue weighted by Crippen LogP contribution is -2.41. The van der Waals surface area contributed by atoms with Gasteiger partial charge in [-0.05, 0) is 45.4 Å². The highest BCUT2D eigenvalue weighted by atomic mass is 19.3. The van der Waals surface area contributed by atoms with Gasteiger partial charge in [-0.3, -0.25) is 4.79 Å². The molecule has 0 amide bonds. The summed E-state index contributed by atoms with van der Waals surface area (Å²) in [4.78, 5) is 11.8. The van der Waals surface area contributed by atoms with Gasteiger partial charge in [-0.2, -0.15) is 8.78 Å². The summed E-state index contributed by atoms with van der Waals surface area (Å²) >= 11 is 0. The number of ether oxygens (including phenoxy) is 2. The maximum absolute atomic E-state index is 12.3. The largest absolute Gasteiger partial charge is 0.469 e. The van der Waals surface area contributed by atoms with Crippen LogP contribution < -0.4 is 4.74 Å². The molecule has 2 rings (SSSR count). The molecule has 1 aliphatic heterocycles. The van der Waals surface area contributed by atoms with E-state index in [4.69, 9.17) is 14.0 Å². The Balaban J connectivity index is 2.26.